The zero-order valence-electron chi connectivity index (χ0n) is 33.2. The van der Waals surface area contributed by atoms with E-state index in [4.69, 9.17) is 9.05 Å². The molecule has 0 heterocycles. The van der Waals surface area contributed by atoms with Crippen molar-refractivity contribution in [3.05, 3.63) is 97.2 Å². The average molecular weight is 745 g/mol. The van der Waals surface area contributed by atoms with Gasteiger partial charge in [0.2, 0.25) is 5.91 Å². The van der Waals surface area contributed by atoms with Crippen LogP contribution in [0.3, 0.4) is 0 Å². The Labute approximate surface area is 318 Å². The third kappa shape index (κ3) is 35.8. The van der Waals surface area contributed by atoms with Crippen molar-refractivity contribution >= 4 is 13.7 Å². The van der Waals surface area contributed by atoms with Crippen LogP contribution in [-0.4, -0.2) is 68.5 Å². The smallest absolute Gasteiger partial charge is 0.268 e. The highest BCUT2D eigenvalue weighted by Gasteiger charge is 2.23. The highest BCUT2D eigenvalue weighted by atomic mass is 31.2. The maximum Gasteiger partial charge on any atom is 0.268 e. The van der Waals surface area contributed by atoms with E-state index >= 15 is 0 Å². The molecule has 0 aliphatic carbocycles. The third-order valence-electron chi connectivity index (χ3n) is 7.74. The summed E-state index contributed by atoms with van der Waals surface area (Å²) < 4.78 is 23.0. The summed E-state index contributed by atoms with van der Waals surface area (Å²) in [5, 5.41) is 13.6. The van der Waals surface area contributed by atoms with Gasteiger partial charge < -0.3 is 28.8 Å². The molecule has 0 fully saturated rings. The van der Waals surface area contributed by atoms with Gasteiger partial charge >= 0.3 is 0 Å². The molecule has 0 bridgehead atoms. The molecular formula is C43H73N2O6P. The maximum atomic E-state index is 12.8. The molecule has 9 heteroatoms. The number of phosphoric acid groups is 1. The van der Waals surface area contributed by atoms with Crippen LogP contribution in [0.1, 0.15) is 117 Å². The van der Waals surface area contributed by atoms with E-state index in [-0.39, 0.29) is 18.9 Å². The van der Waals surface area contributed by atoms with E-state index in [2.05, 4.69) is 104 Å². The summed E-state index contributed by atoms with van der Waals surface area (Å²) in [4.78, 5) is 25.2. The number of hydrogen-bond donors (Lipinski definition) is 2. The van der Waals surface area contributed by atoms with Gasteiger partial charge in [-0.3, -0.25) is 9.36 Å². The zero-order valence-corrected chi connectivity index (χ0v) is 34.1. The van der Waals surface area contributed by atoms with E-state index in [1.54, 1.807) is 6.08 Å². The summed E-state index contributed by atoms with van der Waals surface area (Å²) in [5.74, 6) is -0.251. The Bertz CT molecular complexity index is 1160. The van der Waals surface area contributed by atoms with Crippen LogP contribution in [0, 0.1) is 0 Å². The van der Waals surface area contributed by atoms with Gasteiger partial charge in [0.25, 0.3) is 7.82 Å². The number of nitrogens with zero attached hydrogens (tertiary/aromatic N) is 1. The SMILES string of the molecule is CC/C=C\C/C=C\C/C=C\C/C=C\C/C=C\CCCCCC(=O)NC(COP(=O)([O-])OCC[N+](C)(C)C)C(O)/C=C/CC/C=C/CC/C=C/CCC. The van der Waals surface area contributed by atoms with Gasteiger partial charge in [0.15, 0.2) is 0 Å². The number of nitrogens with one attached hydrogen (secondary N) is 1. The lowest BCUT2D eigenvalue weighted by Crippen LogP contribution is -2.45. The van der Waals surface area contributed by atoms with Gasteiger partial charge in [-0.15, -0.1) is 0 Å². The standard InChI is InChI=1S/C43H73N2O6P/c1-6-8-10-12-14-16-18-19-20-21-22-23-24-25-27-29-31-33-35-37-43(47)44-41(40-51-52(48,49)50-39-38-45(3,4)5)42(46)36-34-32-30-28-26-17-15-13-11-9-7-2/h8,10-11,13-14,16,19-20,22-23,25-28,34,36,41-42,46H,6-7,9,12,15,17-18,21,24,29-33,35,37-40H2,1-5H3,(H-,44,47,48,49)/b10-8-,13-11+,16-14-,20-19-,23-22-,27-25-,28-26+,36-34+. The molecule has 0 aromatic carbocycles. The Kier molecular flexibility index (Phi) is 32.5. The number of likely N-dealkylation sites (N-methyl/N-ethyl adjacent to an activating group) is 1. The second-order valence-corrected chi connectivity index (χ2v) is 15.3. The normalized spacial score (nSPS) is 15.6. The fourth-order valence-electron chi connectivity index (χ4n) is 4.63. The lowest BCUT2D eigenvalue weighted by atomic mass is 10.1. The Balaban J connectivity index is 4.61. The Morgan fingerprint density at radius 1 is 0.692 bits per heavy atom. The van der Waals surface area contributed by atoms with E-state index in [9.17, 15) is 19.4 Å². The van der Waals surface area contributed by atoms with Gasteiger partial charge in [0.1, 0.15) is 13.2 Å². The number of allylic oxidation sites excluding steroid dienone is 15. The van der Waals surface area contributed by atoms with Gasteiger partial charge in [0, 0.05) is 6.42 Å². The second kappa shape index (κ2) is 34.2. The largest absolute Gasteiger partial charge is 0.756 e. The van der Waals surface area contributed by atoms with Crippen LogP contribution in [0.5, 0.6) is 0 Å². The van der Waals surface area contributed by atoms with Gasteiger partial charge in [-0.05, 0) is 83.5 Å². The number of aliphatic hydroxyl groups excluding tert-OH is 1. The minimum atomic E-state index is -4.61. The number of unbranched alkanes of at least 4 members (excludes halogenated alkanes) is 6. The molecule has 0 saturated carbocycles. The van der Waals surface area contributed by atoms with Crippen LogP contribution in [0.4, 0.5) is 0 Å². The van der Waals surface area contributed by atoms with E-state index < -0.39 is 26.6 Å². The topological polar surface area (TPSA) is 108 Å². The van der Waals surface area contributed by atoms with Crippen LogP contribution in [0.25, 0.3) is 0 Å². The maximum absolute atomic E-state index is 12.8. The molecule has 2 N–H and O–H groups in total. The summed E-state index contributed by atoms with van der Waals surface area (Å²) in [7, 11) is 1.19. The summed E-state index contributed by atoms with van der Waals surface area (Å²) in [6, 6.07) is -0.931. The molecule has 0 rings (SSSR count). The summed E-state index contributed by atoms with van der Waals surface area (Å²) >= 11 is 0. The number of aliphatic hydroxyl groups is 1. The van der Waals surface area contributed by atoms with E-state index in [0.717, 1.165) is 83.5 Å². The molecule has 0 aromatic heterocycles. The predicted molar refractivity (Wildman–Crippen MR) is 219 cm³/mol. The molecule has 1 amide bonds. The van der Waals surface area contributed by atoms with Crippen molar-refractivity contribution < 1.29 is 32.9 Å². The summed E-state index contributed by atoms with van der Waals surface area (Å²) in [6.45, 7) is 4.35. The van der Waals surface area contributed by atoms with Crippen LogP contribution >= 0.6 is 7.82 Å². The Hall–Kier alpha value is -2.58. The molecular weight excluding hydrogens is 671 g/mol. The van der Waals surface area contributed by atoms with Crippen molar-refractivity contribution in [3.63, 3.8) is 0 Å². The first-order valence-electron chi connectivity index (χ1n) is 19.6. The van der Waals surface area contributed by atoms with Crippen molar-refractivity contribution in [2.45, 2.75) is 129 Å². The van der Waals surface area contributed by atoms with E-state index in [1.165, 1.54) is 0 Å². The van der Waals surface area contributed by atoms with Gasteiger partial charge in [-0.2, -0.15) is 0 Å². The lowest BCUT2D eigenvalue weighted by Gasteiger charge is -2.29. The minimum Gasteiger partial charge on any atom is -0.756 e. The first kappa shape index (κ1) is 49.4. The van der Waals surface area contributed by atoms with Gasteiger partial charge in [0.05, 0.1) is 39.9 Å². The predicted octanol–water partition coefficient (Wildman–Crippen LogP) is 9.77. The molecule has 3 unspecified atom stereocenters. The van der Waals surface area contributed by atoms with Crippen LogP contribution < -0.4 is 10.2 Å². The van der Waals surface area contributed by atoms with Gasteiger partial charge in [-0.25, -0.2) is 0 Å². The number of carbonyl (C=O) groups excluding carboxylic acids is 1. The number of rotatable bonds is 33. The quantitative estimate of drug-likeness (QED) is 0.0300. The molecule has 0 aromatic rings. The zero-order chi connectivity index (χ0) is 38.6. The minimum absolute atomic E-state index is 0.0219. The monoisotopic (exact) mass is 745 g/mol. The average Bonchev–Trinajstić information content (AvgIpc) is 3.09. The molecule has 8 nitrogen and oxygen atoms in total. The number of amides is 1. The number of quaternary nitrogens is 1. The molecule has 0 aliphatic heterocycles. The van der Waals surface area contributed by atoms with Crippen molar-refractivity contribution in [1.29, 1.82) is 0 Å². The number of carbonyl (C=O) groups is 1. The molecule has 0 spiro atoms. The molecule has 52 heavy (non-hydrogen) atoms. The van der Waals surface area contributed by atoms with Crippen molar-refractivity contribution in [2.24, 2.45) is 0 Å². The van der Waals surface area contributed by atoms with Crippen LogP contribution in [-0.2, 0) is 18.4 Å². The first-order valence-corrected chi connectivity index (χ1v) is 21.1. The van der Waals surface area contributed by atoms with Crippen molar-refractivity contribution in [3.8, 4) is 0 Å². The van der Waals surface area contributed by atoms with Crippen molar-refractivity contribution in [2.75, 3.05) is 40.9 Å². The third-order valence-corrected chi connectivity index (χ3v) is 8.70. The summed E-state index contributed by atoms with van der Waals surface area (Å²) in [5.41, 5.74) is 0. The van der Waals surface area contributed by atoms with Crippen LogP contribution in [0.15, 0.2) is 97.2 Å². The second-order valence-electron chi connectivity index (χ2n) is 13.9. The first-order chi connectivity index (χ1) is 25.0. The van der Waals surface area contributed by atoms with Gasteiger partial charge in [-0.1, -0.05) is 124 Å². The molecule has 0 saturated heterocycles. The highest BCUT2D eigenvalue weighted by molar-refractivity contribution is 7.45. The Morgan fingerprint density at radius 2 is 1.19 bits per heavy atom. The Morgan fingerprint density at radius 3 is 1.73 bits per heavy atom. The lowest BCUT2D eigenvalue weighted by molar-refractivity contribution is -0.870. The van der Waals surface area contributed by atoms with E-state index in [0.29, 0.717) is 23.9 Å². The molecule has 0 radical (unpaired) electrons. The number of phosphoric ester groups is 1. The fourth-order valence-corrected chi connectivity index (χ4v) is 5.35. The summed E-state index contributed by atoms with van der Waals surface area (Å²) in [6.07, 6.45) is 47.5. The molecule has 3 atom stereocenters. The highest BCUT2D eigenvalue weighted by Crippen LogP contribution is 2.38. The molecule has 0 aliphatic rings. The van der Waals surface area contributed by atoms with Crippen molar-refractivity contribution in [1.82, 2.24) is 5.32 Å². The number of hydrogen-bond acceptors (Lipinski definition) is 6. The fraction of sp³-hybridized carbons (Fsp3) is 0.605. The van der Waals surface area contributed by atoms with Crippen LogP contribution in [0.2, 0.25) is 0 Å². The molecule has 296 valence electrons. The van der Waals surface area contributed by atoms with E-state index in [1.807, 2.05) is 27.2 Å².